The SMILES string of the molecule is Cc1ccc2c(N(c3ccccc3)c3ccc4c(c3)C(C)(C)c3ccccc3-4)cc3c4cc(C)cc5c4c(cc3c2c1)-c1ccc(N(c2ccccn2)c2ccccc2-c2ccccc2)cc1O5. The molecule has 0 amide bonds. The number of pyridine rings is 1. The smallest absolute Gasteiger partial charge is 0.137 e. The van der Waals surface area contributed by atoms with Gasteiger partial charge in [-0.15, -0.1) is 0 Å². The molecule has 13 rings (SSSR count). The number of hydrogen-bond donors (Lipinski definition) is 0. The van der Waals surface area contributed by atoms with Gasteiger partial charge < -0.3 is 9.64 Å². The fourth-order valence-corrected chi connectivity index (χ4v) is 11.2. The maximum Gasteiger partial charge on any atom is 0.137 e. The molecule has 2 heterocycles. The van der Waals surface area contributed by atoms with Crippen molar-refractivity contribution in [3.8, 4) is 44.9 Å². The second-order valence-electron chi connectivity index (χ2n) is 18.9. The molecule has 1 aliphatic heterocycles. The second kappa shape index (κ2) is 15.3. The predicted octanol–water partition coefficient (Wildman–Crippen LogP) is 17.8. The normalized spacial score (nSPS) is 12.9. The van der Waals surface area contributed by atoms with Crippen molar-refractivity contribution in [3.05, 3.63) is 235 Å². The Morgan fingerprint density at radius 3 is 1.87 bits per heavy atom. The van der Waals surface area contributed by atoms with Gasteiger partial charge in [0.1, 0.15) is 17.3 Å². The molecule has 0 spiro atoms. The van der Waals surface area contributed by atoms with Gasteiger partial charge in [-0.25, -0.2) is 4.98 Å². The maximum atomic E-state index is 7.11. The first kappa shape index (κ1) is 39.9. The Labute approximate surface area is 397 Å². The van der Waals surface area contributed by atoms with Crippen LogP contribution in [0.1, 0.15) is 36.1 Å². The van der Waals surface area contributed by atoms with E-state index in [-0.39, 0.29) is 5.41 Å². The first-order valence-corrected chi connectivity index (χ1v) is 23.5. The van der Waals surface area contributed by atoms with Gasteiger partial charge in [0.2, 0.25) is 0 Å². The minimum Gasteiger partial charge on any atom is -0.456 e. The van der Waals surface area contributed by atoms with Crippen LogP contribution in [0, 0.1) is 13.8 Å². The second-order valence-corrected chi connectivity index (χ2v) is 18.9. The van der Waals surface area contributed by atoms with E-state index in [1.54, 1.807) is 0 Å². The maximum absolute atomic E-state index is 7.11. The summed E-state index contributed by atoms with van der Waals surface area (Å²) in [6.07, 6.45) is 1.86. The van der Waals surface area contributed by atoms with Crippen molar-refractivity contribution in [2.75, 3.05) is 9.80 Å². The van der Waals surface area contributed by atoms with E-state index in [9.17, 15) is 0 Å². The molecular weight excluding hydrogens is 827 g/mol. The van der Waals surface area contributed by atoms with Crippen molar-refractivity contribution in [3.63, 3.8) is 0 Å². The highest BCUT2D eigenvalue weighted by atomic mass is 16.5. The van der Waals surface area contributed by atoms with Gasteiger partial charge in [0.25, 0.3) is 0 Å². The first-order valence-electron chi connectivity index (χ1n) is 23.5. The molecule has 0 fully saturated rings. The Bertz CT molecular complexity index is 3820. The molecular formula is C64H47N3O. The quantitative estimate of drug-likeness (QED) is 0.149. The zero-order chi connectivity index (χ0) is 45.7. The van der Waals surface area contributed by atoms with Crippen LogP contribution in [0.15, 0.2) is 212 Å². The number of para-hydroxylation sites is 2. The minimum atomic E-state index is -0.137. The fraction of sp³-hybridized carbons (Fsp3) is 0.0781. The summed E-state index contributed by atoms with van der Waals surface area (Å²) in [6.45, 7) is 9.10. The van der Waals surface area contributed by atoms with Crippen LogP contribution in [0.2, 0.25) is 0 Å². The molecule has 0 saturated heterocycles. The standard InChI is InChI=1S/C64H47N3O/c1-40-26-29-49-51(33-40)52-38-55-50-31-28-45(67(62-25-15-16-32-65-62)58-24-14-12-21-46(58)42-17-7-5-8-18-42)37-60(50)68-61-35-41(2)34-54(63(55)61)53(52)39-59(49)66(43-19-9-6-10-20-43)44-27-30-48-47-22-11-13-23-56(47)64(3,4)57(48)36-44/h5-39H,1-4H3. The molecule has 10 aromatic carbocycles. The Hall–Kier alpha value is -8.47. The molecule has 4 heteroatoms. The topological polar surface area (TPSA) is 28.6 Å². The molecule has 68 heavy (non-hydrogen) atoms. The minimum absolute atomic E-state index is 0.137. The van der Waals surface area contributed by atoms with Gasteiger partial charge in [0.05, 0.1) is 17.1 Å². The lowest BCUT2D eigenvalue weighted by atomic mass is 9.82. The third-order valence-corrected chi connectivity index (χ3v) is 14.3. The van der Waals surface area contributed by atoms with Gasteiger partial charge in [0.15, 0.2) is 0 Å². The Balaban J connectivity index is 1.02. The third kappa shape index (κ3) is 6.18. The number of aryl methyl sites for hydroxylation is 2. The van der Waals surface area contributed by atoms with E-state index in [0.29, 0.717) is 0 Å². The van der Waals surface area contributed by atoms with Gasteiger partial charge in [-0.2, -0.15) is 0 Å². The molecule has 0 radical (unpaired) electrons. The number of benzene rings is 10. The van der Waals surface area contributed by atoms with E-state index >= 15 is 0 Å². The van der Waals surface area contributed by atoms with Crippen molar-refractivity contribution in [1.29, 1.82) is 0 Å². The molecule has 11 aromatic rings. The summed E-state index contributed by atoms with van der Waals surface area (Å²) in [6, 6.07) is 75.0. The van der Waals surface area contributed by atoms with Gasteiger partial charge in [-0.05, 0) is 147 Å². The Morgan fingerprint density at radius 1 is 0.397 bits per heavy atom. The van der Waals surface area contributed by atoms with E-state index in [1.807, 2.05) is 18.3 Å². The number of aromatic nitrogens is 1. The highest BCUT2D eigenvalue weighted by molar-refractivity contribution is 6.26. The summed E-state index contributed by atoms with van der Waals surface area (Å²) in [5.74, 6) is 2.50. The molecule has 1 aliphatic carbocycles. The number of hydrogen-bond acceptors (Lipinski definition) is 4. The summed E-state index contributed by atoms with van der Waals surface area (Å²) < 4.78 is 7.11. The Kier molecular flexibility index (Phi) is 8.97. The summed E-state index contributed by atoms with van der Waals surface area (Å²) in [5, 5.41) is 7.13. The average Bonchev–Trinajstić information content (AvgIpc) is 3.60. The van der Waals surface area contributed by atoms with Crippen LogP contribution in [-0.4, -0.2) is 4.98 Å². The van der Waals surface area contributed by atoms with E-state index in [4.69, 9.17) is 9.72 Å². The van der Waals surface area contributed by atoms with Crippen LogP contribution in [-0.2, 0) is 5.41 Å². The molecule has 1 aromatic heterocycles. The molecule has 4 nitrogen and oxygen atoms in total. The summed E-state index contributed by atoms with van der Waals surface area (Å²) in [7, 11) is 0. The number of fused-ring (bicyclic) bond motifs is 9. The van der Waals surface area contributed by atoms with Crippen molar-refractivity contribution in [2.24, 2.45) is 0 Å². The van der Waals surface area contributed by atoms with Crippen molar-refractivity contribution in [1.82, 2.24) is 4.98 Å². The highest BCUT2D eigenvalue weighted by Crippen LogP contribution is 2.55. The molecule has 0 saturated carbocycles. The van der Waals surface area contributed by atoms with Gasteiger partial charge >= 0.3 is 0 Å². The summed E-state index contributed by atoms with van der Waals surface area (Å²) in [5.41, 5.74) is 17.4. The predicted molar refractivity (Wildman–Crippen MR) is 284 cm³/mol. The molecule has 324 valence electrons. The van der Waals surface area contributed by atoms with E-state index in [2.05, 4.69) is 232 Å². The van der Waals surface area contributed by atoms with Crippen LogP contribution < -0.4 is 14.5 Å². The molecule has 0 N–H and O–H groups in total. The monoisotopic (exact) mass is 873 g/mol. The van der Waals surface area contributed by atoms with Crippen molar-refractivity contribution in [2.45, 2.75) is 33.1 Å². The molecule has 0 bridgehead atoms. The number of rotatable bonds is 7. The summed E-state index contributed by atoms with van der Waals surface area (Å²) >= 11 is 0. The summed E-state index contributed by atoms with van der Waals surface area (Å²) in [4.78, 5) is 9.61. The highest BCUT2D eigenvalue weighted by Gasteiger charge is 2.36. The van der Waals surface area contributed by atoms with Gasteiger partial charge in [0, 0.05) is 51.0 Å². The van der Waals surface area contributed by atoms with Crippen LogP contribution in [0.3, 0.4) is 0 Å². The average molecular weight is 874 g/mol. The van der Waals surface area contributed by atoms with Crippen LogP contribution in [0.25, 0.3) is 65.7 Å². The van der Waals surface area contributed by atoms with Crippen molar-refractivity contribution >= 4 is 66.6 Å². The van der Waals surface area contributed by atoms with E-state index in [0.717, 1.165) is 73.4 Å². The fourth-order valence-electron chi connectivity index (χ4n) is 11.2. The zero-order valence-electron chi connectivity index (χ0n) is 38.5. The van der Waals surface area contributed by atoms with Gasteiger partial charge in [-0.3, -0.25) is 4.90 Å². The van der Waals surface area contributed by atoms with Crippen LogP contribution in [0.4, 0.5) is 34.3 Å². The van der Waals surface area contributed by atoms with Crippen LogP contribution in [0.5, 0.6) is 11.5 Å². The lowest BCUT2D eigenvalue weighted by molar-refractivity contribution is 0.487. The number of anilines is 6. The van der Waals surface area contributed by atoms with Crippen molar-refractivity contribution < 1.29 is 4.74 Å². The lowest BCUT2D eigenvalue weighted by Crippen LogP contribution is -2.16. The molecule has 0 atom stereocenters. The largest absolute Gasteiger partial charge is 0.456 e. The number of nitrogens with zero attached hydrogens (tertiary/aromatic N) is 3. The Morgan fingerprint density at radius 2 is 1.06 bits per heavy atom. The zero-order valence-corrected chi connectivity index (χ0v) is 38.5. The molecule has 2 aliphatic rings. The van der Waals surface area contributed by atoms with E-state index < -0.39 is 0 Å². The number of ether oxygens (including phenoxy) is 1. The lowest BCUT2D eigenvalue weighted by Gasteiger charge is -2.30. The van der Waals surface area contributed by atoms with Crippen LogP contribution >= 0.6 is 0 Å². The third-order valence-electron chi connectivity index (χ3n) is 14.3. The van der Waals surface area contributed by atoms with E-state index in [1.165, 1.54) is 60.3 Å². The first-order chi connectivity index (χ1) is 33.3. The molecule has 0 unspecified atom stereocenters. The van der Waals surface area contributed by atoms with Gasteiger partial charge in [-0.1, -0.05) is 147 Å².